The molecule has 1 unspecified atom stereocenters. The number of benzene rings is 1. The van der Waals surface area contributed by atoms with Gasteiger partial charge in [-0.1, -0.05) is 26.0 Å². The fraction of sp³-hybridized carbons (Fsp3) is 0.286. The third-order valence-electron chi connectivity index (χ3n) is 4.74. The molecule has 0 spiro atoms. The number of Topliss-reactive ketones (excluding diaryl/α,β-unsaturated/α-hetero) is 1. The number of carbonyl (C=O) groups excluding carboxylic acids is 2. The summed E-state index contributed by atoms with van der Waals surface area (Å²) >= 11 is 0. The van der Waals surface area contributed by atoms with Crippen molar-refractivity contribution in [3.63, 3.8) is 0 Å². The lowest BCUT2D eigenvalue weighted by atomic mass is 9.95. The van der Waals surface area contributed by atoms with Crippen LogP contribution in [0.15, 0.2) is 52.1 Å². The molecule has 1 atom stereocenters. The Morgan fingerprint density at radius 2 is 2.04 bits per heavy atom. The number of aliphatic hydroxyl groups is 1. The zero-order valence-electron chi connectivity index (χ0n) is 15.9. The van der Waals surface area contributed by atoms with E-state index in [1.165, 1.54) is 4.90 Å². The van der Waals surface area contributed by atoms with Crippen LogP contribution < -0.4 is 4.90 Å². The van der Waals surface area contributed by atoms with E-state index < -0.39 is 17.7 Å². The number of imidazole rings is 1. The molecule has 0 aliphatic carbocycles. The Bertz CT molecular complexity index is 1070. The first-order valence-electron chi connectivity index (χ1n) is 9.17. The van der Waals surface area contributed by atoms with Gasteiger partial charge in [0, 0.05) is 6.42 Å². The van der Waals surface area contributed by atoms with Crippen LogP contribution in [0.25, 0.3) is 11.0 Å². The van der Waals surface area contributed by atoms with E-state index in [2.05, 4.69) is 9.97 Å². The quantitative estimate of drug-likeness (QED) is 0.698. The number of rotatable bonds is 5. The van der Waals surface area contributed by atoms with Gasteiger partial charge in [-0.2, -0.15) is 0 Å². The highest BCUT2D eigenvalue weighted by atomic mass is 16.3. The van der Waals surface area contributed by atoms with Crippen molar-refractivity contribution in [3.05, 3.63) is 59.3 Å². The Kier molecular flexibility index (Phi) is 4.30. The predicted octanol–water partition coefficient (Wildman–Crippen LogP) is 3.98. The molecule has 0 saturated carbocycles. The van der Waals surface area contributed by atoms with Crippen LogP contribution in [-0.2, 0) is 9.59 Å². The smallest absolute Gasteiger partial charge is 0.296 e. The molecule has 1 aliphatic heterocycles. The number of hydrogen-bond acceptors (Lipinski definition) is 5. The highest BCUT2D eigenvalue weighted by molar-refractivity contribution is 6.16. The maximum Gasteiger partial charge on any atom is 0.296 e. The molecular formula is C21H21N3O4. The van der Waals surface area contributed by atoms with Gasteiger partial charge in [0.05, 0.1) is 16.6 Å². The molecule has 0 radical (unpaired) electrons. The van der Waals surface area contributed by atoms with Crippen LogP contribution in [0.5, 0.6) is 0 Å². The summed E-state index contributed by atoms with van der Waals surface area (Å²) in [4.78, 5) is 34.7. The standard InChI is InChI=1S/C21H21N3O4/c1-11(2)10-15(25)17-18(16-9-8-12(3)28-16)24(20(27)19(17)26)21-22-13-6-4-5-7-14(13)23-21/h4-9,11,18,26H,10H2,1-3H3,(H,22,23). The Balaban J connectivity index is 1.85. The van der Waals surface area contributed by atoms with E-state index in [1.54, 1.807) is 19.1 Å². The molecule has 3 aromatic rings. The SMILES string of the molecule is Cc1ccc(C2C(C(=O)CC(C)C)=C(O)C(=O)N2c2nc3ccccc3[nH]2)o1. The Labute approximate surface area is 161 Å². The summed E-state index contributed by atoms with van der Waals surface area (Å²) in [5, 5.41) is 10.6. The van der Waals surface area contributed by atoms with Crippen molar-refractivity contribution >= 4 is 28.7 Å². The lowest BCUT2D eigenvalue weighted by Crippen LogP contribution is -2.31. The summed E-state index contributed by atoms with van der Waals surface area (Å²) in [6, 6.07) is 9.97. The molecule has 7 nitrogen and oxygen atoms in total. The van der Waals surface area contributed by atoms with E-state index in [0.717, 1.165) is 5.52 Å². The maximum atomic E-state index is 12.9. The molecule has 4 rings (SSSR count). The molecule has 3 heterocycles. The molecule has 0 bridgehead atoms. The fourth-order valence-electron chi connectivity index (χ4n) is 3.51. The van der Waals surface area contributed by atoms with Crippen LogP contribution in [0.3, 0.4) is 0 Å². The number of aromatic nitrogens is 2. The number of H-pyrrole nitrogens is 1. The average molecular weight is 379 g/mol. The van der Waals surface area contributed by atoms with E-state index in [0.29, 0.717) is 17.0 Å². The minimum Gasteiger partial charge on any atom is -0.503 e. The van der Waals surface area contributed by atoms with Crippen LogP contribution in [0, 0.1) is 12.8 Å². The van der Waals surface area contributed by atoms with Gasteiger partial charge in [0.25, 0.3) is 5.91 Å². The minimum atomic E-state index is -0.868. The third kappa shape index (κ3) is 2.89. The van der Waals surface area contributed by atoms with Crippen molar-refractivity contribution in [2.45, 2.75) is 33.2 Å². The molecule has 28 heavy (non-hydrogen) atoms. The number of aromatic amines is 1. The lowest BCUT2D eigenvalue weighted by Gasteiger charge is -2.22. The van der Waals surface area contributed by atoms with Crippen LogP contribution in [0.2, 0.25) is 0 Å². The molecule has 1 amide bonds. The number of anilines is 1. The first kappa shape index (κ1) is 18.0. The summed E-state index contributed by atoms with van der Waals surface area (Å²) in [6.07, 6.45) is 0.219. The number of ketones is 1. The normalized spacial score (nSPS) is 17.4. The molecule has 7 heteroatoms. The third-order valence-corrected chi connectivity index (χ3v) is 4.74. The second-order valence-electron chi connectivity index (χ2n) is 7.39. The maximum absolute atomic E-state index is 12.9. The van der Waals surface area contributed by atoms with Gasteiger partial charge in [-0.05, 0) is 37.1 Å². The lowest BCUT2D eigenvalue weighted by molar-refractivity contribution is -0.118. The monoisotopic (exact) mass is 379 g/mol. The number of nitrogens with one attached hydrogen (secondary N) is 1. The van der Waals surface area contributed by atoms with Crippen LogP contribution in [0.1, 0.15) is 37.8 Å². The summed E-state index contributed by atoms with van der Waals surface area (Å²) in [6.45, 7) is 5.61. The zero-order valence-corrected chi connectivity index (χ0v) is 15.9. The molecule has 0 saturated heterocycles. The van der Waals surface area contributed by atoms with Crippen molar-refractivity contribution in [3.8, 4) is 0 Å². The van der Waals surface area contributed by atoms with Crippen LogP contribution in [0.4, 0.5) is 5.95 Å². The van der Waals surface area contributed by atoms with Gasteiger partial charge in [0.2, 0.25) is 5.95 Å². The van der Waals surface area contributed by atoms with Gasteiger partial charge in [-0.3, -0.25) is 14.5 Å². The largest absolute Gasteiger partial charge is 0.503 e. The second kappa shape index (κ2) is 6.67. The molecule has 144 valence electrons. The molecular weight excluding hydrogens is 358 g/mol. The number of para-hydroxylation sites is 2. The topological polar surface area (TPSA) is 99.4 Å². The number of fused-ring (bicyclic) bond motifs is 1. The fourth-order valence-corrected chi connectivity index (χ4v) is 3.51. The summed E-state index contributed by atoms with van der Waals surface area (Å²) in [5.74, 6) is -0.114. The number of aliphatic hydroxyl groups excluding tert-OH is 1. The van der Waals surface area contributed by atoms with Crippen LogP contribution >= 0.6 is 0 Å². The number of furan rings is 1. The van der Waals surface area contributed by atoms with Crippen molar-refractivity contribution < 1.29 is 19.1 Å². The molecule has 1 aromatic carbocycles. The van der Waals surface area contributed by atoms with E-state index in [9.17, 15) is 14.7 Å². The van der Waals surface area contributed by atoms with Crippen molar-refractivity contribution in [1.29, 1.82) is 0 Å². The van der Waals surface area contributed by atoms with Crippen LogP contribution in [-0.4, -0.2) is 26.8 Å². The Morgan fingerprint density at radius 3 is 2.68 bits per heavy atom. The summed E-state index contributed by atoms with van der Waals surface area (Å²) < 4.78 is 5.74. The van der Waals surface area contributed by atoms with E-state index in [-0.39, 0.29) is 29.6 Å². The summed E-state index contributed by atoms with van der Waals surface area (Å²) in [5.41, 5.74) is 1.48. The van der Waals surface area contributed by atoms with E-state index >= 15 is 0 Å². The number of nitrogens with zero attached hydrogens (tertiary/aromatic N) is 2. The first-order chi connectivity index (χ1) is 13.4. The zero-order chi connectivity index (χ0) is 20.0. The van der Waals surface area contributed by atoms with Gasteiger partial charge >= 0.3 is 0 Å². The van der Waals surface area contributed by atoms with Crippen molar-refractivity contribution in [2.75, 3.05) is 4.90 Å². The van der Waals surface area contributed by atoms with Gasteiger partial charge < -0.3 is 14.5 Å². The van der Waals surface area contributed by atoms with Crippen molar-refractivity contribution in [1.82, 2.24) is 9.97 Å². The molecule has 2 N–H and O–H groups in total. The van der Waals surface area contributed by atoms with Gasteiger partial charge in [-0.15, -0.1) is 0 Å². The van der Waals surface area contributed by atoms with Gasteiger partial charge in [-0.25, -0.2) is 4.98 Å². The number of hydrogen-bond donors (Lipinski definition) is 2. The minimum absolute atomic E-state index is 0.0495. The second-order valence-corrected chi connectivity index (χ2v) is 7.39. The molecule has 0 fully saturated rings. The molecule has 1 aliphatic rings. The first-order valence-corrected chi connectivity index (χ1v) is 9.17. The number of aryl methyl sites for hydroxylation is 1. The summed E-state index contributed by atoms with van der Waals surface area (Å²) in [7, 11) is 0. The van der Waals surface area contributed by atoms with Gasteiger partial charge in [0.1, 0.15) is 17.6 Å². The Morgan fingerprint density at radius 1 is 1.29 bits per heavy atom. The van der Waals surface area contributed by atoms with Crippen molar-refractivity contribution in [2.24, 2.45) is 5.92 Å². The average Bonchev–Trinajstić information content (AvgIpc) is 3.31. The Hall–Kier alpha value is -3.35. The van der Waals surface area contributed by atoms with E-state index in [1.807, 2.05) is 38.1 Å². The van der Waals surface area contributed by atoms with E-state index in [4.69, 9.17) is 4.42 Å². The highest BCUT2D eigenvalue weighted by Gasteiger charge is 2.47. The number of amides is 1. The predicted molar refractivity (Wildman–Crippen MR) is 104 cm³/mol. The molecule has 2 aromatic heterocycles. The highest BCUT2D eigenvalue weighted by Crippen LogP contribution is 2.41. The van der Waals surface area contributed by atoms with Gasteiger partial charge in [0.15, 0.2) is 11.5 Å². The number of carbonyl (C=O) groups is 2.